The smallest absolute Gasteiger partial charge is 0.252 e. The Bertz CT molecular complexity index is 1270. The lowest BCUT2D eigenvalue weighted by atomic mass is 10.0. The van der Waals surface area contributed by atoms with Gasteiger partial charge in [-0.1, -0.05) is 48.5 Å². The third-order valence-corrected chi connectivity index (χ3v) is 5.65. The Balaban J connectivity index is 1.54. The highest BCUT2D eigenvalue weighted by Gasteiger charge is 2.26. The molecule has 0 bridgehead atoms. The van der Waals surface area contributed by atoms with Crippen molar-refractivity contribution in [3.8, 4) is 5.69 Å². The highest BCUT2D eigenvalue weighted by atomic mass is 19.1. The molecule has 6 nitrogen and oxygen atoms in total. The second kappa shape index (κ2) is 10.1. The van der Waals surface area contributed by atoms with Crippen LogP contribution in [-0.2, 0) is 4.79 Å². The van der Waals surface area contributed by atoms with Crippen molar-refractivity contribution in [1.29, 1.82) is 0 Å². The van der Waals surface area contributed by atoms with E-state index in [2.05, 4.69) is 15.7 Å². The Morgan fingerprint density at radius 2 is 1.50 bits per heavy atom. The maximum Gasteiger partial charge on any atom is 0.252 e. The van der Waals surface area contributed by atoms with E-state index in [9.17, 15) is 14.0 Å². The molecule has 1 aromatic heterocycles. The van der Waals surface area contributed by atoms with Gasteiger partial charge in [-0.15, -0.1) is 0 Å². The van der Waals surface area contributed by atoms with E-state index in [0.29, 0.717) is 11.1 Å². The maximum atomic E-state index is 13.3. The van der Waals surface area contributed by atoms with Gasteiger partial charge in [0.2, 0.25) is 5.91 Å². The Morgan fingerprint density at radius 3 is 2.15 bits per heavy atom. The van der Waals surface area contributed by atoms with Crippen LogP contribution in [0.1, 0.15) is 46.2 Å². The monoisotopic (exact) mass is 456 g/mol. The number of rotatable bonds is 7. The van der Waals surface area contributed by atoms with Crippen LogP contribution in [0.5, 0.6) is 0 Å². The van der Waals surface area contributed by atoms with Gasteiger partial charge in [0.1, 0.15) is 11.9 Å². The average molecular weight is 457 g/mol. The minimum Gasteiger partial charge on any atom is -0.347 e. The summed E-state index contributed by atoms with van der Waals surface area (Å²) in [5.74, 6) is -0.992. The predicted molar refractivity (Wildman–Crippen MR) is 128 cm³/mol. The first kappa shape index (κ1) is 22.9. The number of aromatic nitrogens is 2. The van der Waals surface area contributed by atoms with Crippen LogP contribution >= 0.6 is 0 Å². The Labute approximate surface area is 197 Å². The normalized spacial score (nSPS) is 12.6. The van der Waals surface area contributed by atoms with Crippen LogP contribution in [-0.4, -0.2) is 21.6 Å². The van der Waals surface area contributed by atoms with E-state index < -0.39 is 6.04 Å². The number of carbonyl (C=O) groups is 2. The lowest BCUT2D eigenvalue weighted by molar-refractivity contribution is -0.123. The van der Waals surface area contributed by atoms with E-state index in [-0.39, 0.29) is 23.7 Å². The predicted octanol–water partition coefficient (Wildman–Crippen LogP) is 4.67. The van der Waals surface area contributed by atoms with Gasteiger partial charge in [0.25, 0.3) is 5.91 Å². The number of carbonyl (C=O) groups excluding carboxylic acids is 2. The third-order valence-electron chi connectivity index (χ3n) is 5.65. The van der Waals surface area contributed by atoms with Crippen molar-refractivity contribution in [3.63, 3.8) is 0 Å². The maximum absolute atomic E-state index is 13.3. The molecule has 0 fully saturated rings. The van der Waals surface area contributed by atoms with Gasteiger partial charge < -0.3 is 10.6 Å². The molecular formula is C27H25FN4O2. The molecule has 1 heterocycles. The van der Waals surface area contributed by atoms with Crippen molar-refractivity contribution in [2.45, 2.75) is 25.9 Å². The zero-order valence-corrected chi connectivity index (χ0v) is 18.9. The first-order valence-electron chi connectivity index (χ1n) is 11.0. The molecule has 2 unspecified atom stereocenters. The second-order valence-corrected chi connectivity index (χ2v) is 7.99. The van der Waals surface area contributed by atoms with Crippen molar-refractivity contribution in [1.82, 2.24) is 20.4 Å². The fourth-order valence-corrected chi connectivity index (χ4v) is 3.81. The van der Waals surface area contributed by atoms with Crippen LogP contribution < -0.4 is 10.6 Å². The highest BCUT2D eigenvalue weighted by Crippen LogP contribution is 2.22. The molecule has 0 radical (unpaired) electrons. The van der Waals surface area contributed by atoms with Gasteiger partial charge >= 0.3 is 0 Å². The van der Waals surface area contributed by atoms with Crippen LogP contribution in [0.15, 0.2) is 91.1 Å². The molecule has 0 saturated carbocycles. The van der Waals surface area contributed by atoms with Crippen molar-refractivity contribution < 1.29 is 14.0 Å². The standard InChI is InChI=1S/C27H25FN4O2/c1-18(24-17-29-32(19(24)2)23-15-13-22(28)14-16-23)30-27(34)25(20-9-5-3-6-10-20)31-26(33)21-11-7-4-8-12-21/h3-18,25H,1-2H3,(H,30,34)(H,31,33). The van der Waals surface area contributed by atoms with E-state index in [0.717, 1.165) is 16.9 Å². The van der Waals surface area contributed by atoms with Gasteiger partial charge in [0, 0.05) is 16.8 Å². The number of nitrogens with one attached hydrogen (secondary N) is 2. The summed E-state index contributed by atoms with van der Waals surface area (Å²) in [7, 11) is 0. The summed E-state index contributed by atoms with van der Waals surface area (Å²) in [4.78, 5) is 26.1. The van der Waals surface area contributed by atoms with Crippen LogP contribution in [0.3, 0.4) is 0 Å². The molecule has 172 valence electrons. The third kappa shape index (κ3) is 5.04. The minimum atomic E-state index is -0.871. The molecular weight excluding hydrogens is 431 g/mol. The van der Waals surface area contributed by atoms with Crippen LogP contribution in [0.4, 0.5) is 4.39 Å². The van der Waals surface area contributed by atoms with Gasteiger partial charge in [-0.3, -0.25) is 9.59 Å². The van der Waals surface area contributed by atoms with Crippen molar-refractivity contribution in [2.24, 2.45) is 0 Å². The van der Waals surface area contributed by atoms with Crippen molar-refractivity contribution >= 4 is 11.8 Å². The Kier molecular flexibility index (Phi) is 6.82. The van der Waals surface area contributed by atoms with E-state index in [4.69, 9.17) is 0 Å². The van der Waals surface area contributed by atoms with Crippen LogP contribution in [0.2, 0.25) is 0 Å². The molecule has 7 heteroatoms. The topological polar surface area (TPSA) is 76.0 Å². The fourth-order valence-electron chi connectivity index (χ4n) is 3.81. The zero-order chi connectivity index (χ0) is 24.1. The summed E-state index contributed by atoms with van der Waals surface area (Å²) >= 11 is 0. The molecule has 34 heavy (non-hydrogen) atoms. The second-order valence-electron chi connectivity index (χ2n) is 7.99. The first-order chi connectivity index (χ1) is 16.4. The van der Waals surface area contributed by atoms with Crippen LogP contribution in [0.25, 0.3) is 5.69 Å². The molecule has 2 N–H and O–H groups in total. The number of hydrogen-bond acceptors (Lipinski definition) is 3. The lowest BCUT2D eigenvalue weighted by Crippen LogP contribution is -2.41. The largest absolute Gasteiger partial charge is 0.347 e. The first-order valence-corrected chi connectivity index (χ1v) is 11.0. The Hall–Kier alpha value is -4.26. The minimum absolute atomic E-state index is 0.320. The Morgan fingerprint density at radius 1 is 0.882 bits per heavy atom. The van der Waals surface area contributed by atoms with Crippen LogP contribution in [0, 0.1) is 12.7 Å². The molecule has 2 atom stereocenters. The summed E-state index contributed by atoms with van der Waals surface area (Å²) in [5, 5.41) is 10.3. The average Bonchev–Trinajstić information content (AvgIpc) is 3.25. The summed E-state index contributed by atoms with van der Waals surface area (Å²) in [6.45, 7) is 3.75. The summed E-state index contributed by atoms with van der Waals surface area (Å²) in [6.07, 6.45) is 1.68. The summed E-state index contributed by atoms with van der Waals surface area (Å²) in [6, 6.07) is 22.7. The molecule has 4 rings (SSSR count). The SMILES string of the molecule is Cc1c(C(C)NC(=O)C(NC(=O)c2ccccc2)c2ccccc2)cnn1-c1ccc(F)cc1. The van der Waals surface area contributed by atoms with Crippen molar-refractivity contribution in [2.75, 3.05) is 0 Å². The fraction of sp³-hybridized carbons (Fsp3) is 0.148. The van der Waals surface area contributed by atoms with E-state index in [1.165, 1.54) is 12.1 Å². The van der Waals surface area contributed by atoms with Gasteiger partial charge in [-0.05, 0) is 55.8 Å². The molecule has 2 amide bonds. The summed E-state index contributed by atoms with van der Waals surface area (Å²) in [5.41, 5.74) is 3.51. The number of halogens is 1. The molecule has 0 aliphatic carbocycles. The lowest BCUT2D eigenvalue weighted by Gasteiger charge is -2.22. The number of nitrogens with zero attached hydrogens (tertiary/aromatic N) is 2. The molecule has 0 spiro atoms. The van der Waals surface area contributed by atoms with Gasteiger partial charge in [0.05, 0.1) is 17.9 Å². The van der Waals surface area contributed by atoms with Gasteiger partial charge in [0.15, 0.2) is 0 Å². The molecule has 0 aliphatic rings. The van der Waals surface area contributed by atoms with Gasteiger partial charge in [-0.25, -0.2) is 9.07 Å². The molecule has 0 aliphatic heterocycles. The molecule has 3 aromatic carbocycles. The molecule has 4 aromatic rings. The quantitative estimate of drug-likeness (QED) is 0.424. The van der Waals surface area contributed by atoms with E-state index in [1.807, 2.05) is 38.1 Å². The van der Waals surface area contributed by atoms with E-state index in [1.54, 1.807) is 59.4 Å². The number of hydrogen-bond donors (Lipinski definition) is 2. The zero-order valence-electron chi connectivity index (χ0n) is 18.9. The van der Waals surface area contributed by atoms with Crippen molar-refractivity contribution in [3.05, 3.63) is 119 Å². The summed E-state index contributed by atoms with van der Waals surface area (Å²) < 4.78 is 15.0. The number of amides is 2. The molecule has 0 saturated heterocycles. The number of benzene rings is 3. The van der Waals surface area contributed by atoms with E-state index >= 15 is 0 Å². The highest BCUT2D eigenvalue weighted by molar-refractivity contribution is 5.97. The van der Waals surface area contributed by atoms with Gasteiger partial charge in [-0.2, -0.15) is 5.10 Å².